The molecule has 2 rings (SSSR count). The van der Waals surface area contributed by atoms with E-state index in [2.05, 4.69) is 5.32 Å². The Labute approximate surface area is 129 Å². The molecule has 0 aliphatic rings. The Balaban J connectivity index is 2.65. The topological polar surface area (TPSA) is 29.1 Å². The van der Waals surface area contributed by atoms with Crippen LogP contribution in [0.4, 0.5) is 8.78 Å². The van der Waals surface area contributed by atoms with Gasteiger partial charge in [-0.05, 0) is 62.2 Å². The second-order valence-electron chi connectivity index (χ2n) is 5.55. The molecular weight excluding hydrogens is 284 g/mol. The zero-order chi connectivity index (χ0) is 16.4. The fraction of sp³-hybridized carbons (Fsp3) is 0.278. The lowest BCUT2D eigenvalue weighted by Crippen LogP contribution is -2.20. The van der Waals surface area contributed by atoms with E-state index in [1.807, 2.05) is 32.9 Å². The Morgan fingerprint density at radius 1 is 1.05 bits per heavy atom. The van der Waals surface area contributed by atoms with Crippen LogP contribution in [0.2, 0.25) is 0 Å². The molecule has 0 unspecified atom stereocenters. The molecule has 2 nitrogen and oxygen atoms in total. The van der Waals surface area contributed by atoms with Crippen LogP contribution < -0.4 is 5.32 Å². The molecule has 2 aromatic rings. The monoisotopic (exact) mass is 303 g/mol. The summed E-state index contributed by atoms with van der Waals surface area (Å²) in [6.45, 7) is 5.79. The van der Waals surface area contributed by atoms with Crippen molar-refractivity contribution >= 4 is 5.78 Å². The van der Waals surface area contributed by atoms with Crippen LogP contribution in [0.15, 0.2) is 24.3 Å². The van der Waals surface area contributed by atoms with Crippen LogP contribution in [0.25, 0.3) is 11.1 Å². The second kappa shape index (κ2) is 6.36. The van der Waals surface area contributed by atoms with Gasteiger partial charge in [0.25, 0.3) is 0 Å². The third-order valence-corrected chi connectivity index (χ3v) is 3.63. The van der Waals surface area contributed by atoms with Crippen LogP contribution in [-0.4, -0.2) is 19.4 Å². The van der Waals surface area contributed by atoms with E-state index in [-0.39, 0.29) is 12.1 Å². The first-order valence-corrected chi connectivity index (χ1v) is 7.10. The Morgan fingerprint density at radius 3 is 2.18 bits per heavy atom. The van der Waals surface area contributed by atoms with Gasteiger partial charge in [-0.15, -0.1) is 0 Å². The quantitative estimate of drug-likeness (QED) is 0.866. The van der Waals surface area contributed by atoms with E-state index < -0.39 is 17.4 Å². The highest BCUT2D eigenvalue weighted by atomic mass is 19.2. The van der Waals surface area contributed by atoms with Crippen molar-refractivity contribution in [1.82, 2.24) is 5.32 Å². The summed E-state index contributed by atoms with van der Waals surface area (Å²) in [7, 11) is 1.59. The van der Waals surface area contributed by atoms with Crippen molar-refractivity contribution in [2.45, 2.75) is 20.8 Å². The van der Waals surface area contributed by atoms with Gasteiger partial charge in [-0.25, -0.2) is 8.78 Å². The van der Waals surface area contributed by atoms with Crippen LogP contribution in [0, 0.1) is 32.4 Å². The summed E-state index contributed by atoms with van der Waals surface area (Å²) >= 11 is 0. The molecule has 0 amide bonds. The van der Waals surface area contributed by atoms with Crippen LogP contribution in [0.3, 0.4) is 0 Å². The first kappa shape index (κ1) is 16.3. The van der Waals surface area contributed by atoms with Crippen molar-refractivity contribution in [1.29, 1.82) is 0 Å². The summed E-state index contributed by atoms with van der Waals surface area (Å²) in [5.74, 6) is -2.56. The van der Waals surface area contributed by atoms with Crippen molar-refractivity contribution in [3.63, 3.8) is 0 Å². The van der Waals surface area contributed by atoms with Gasteiger partial charge >= 0.3 is 0 Å². The average molecular weight is 303 g/mol. The van der Waals surface area contributed by atoms with E-state index in [1.54, 1.807) is 7.05 Å². The Hall–Kier alpha value is -2.07. The number of nitrogens with one attached hydrogen (secondary N) is 1. The normalized spacial score (nSPS) is 10.8. The van der Waals surface area contributed by atoms with Crippen LogP contribution in [0.1, 0.15) is 27.0 Å². The van der Waals surface area contributed by atoms with Crippen LogP contribution >= 0.6 is 0 Å². The minimum Gasteiger partial charge on any atom is -0.313 e. The molecule has 0 aromatic heterocycles. The highest BCUT2D eigenvalue weighted by Gasteiger charge is 2.18. The molecule has 0 bridgehead atoms. The largest absolute Gasteiger partial charge is 0.313 e. The minimum atomic E-state index is -1.09. The number of benzene rings is 2. The van der Waals surface area contributed by atoms with Gasteiger partial charge in [-0.2, -0.15) is 0 Å². The van der Waals surface area contributed by atoms with E-state index in [1.165, 1.54) is 6.07 Å². The molecule has 0 saturated carbocycles. The average Bonchev–Trinajstić information content (AvgIpc) is 2.41. The summed E-state index contributed by atoms with van der Waals surface area (Å²) in [5, 5.41) is 2.66. The number of carbonyl (C=O) groups excluding carboxylic acids is 1. The first-order chi connectivity index (χ1) is 10.3. The molecule has 0 aliphatic carbocycles. The Kier molecular flexibility index (Phi) is 4.71. The fourth-order valence-corrected chi connectivity index (χ4v) is 2.83. The highest BCUT2D eigenvalue weighted by molar-refractivity contribution is 5.99. The number of aryl methyl sites for hydroxylation is 3. The number of Topliss-reactive ketones (excluding diaryl/α,β-unsaturated/α-hetero) is 1. The number of ketones is 1. The molecule has 0 saturated heterocycles. The molecule has 1 N–H and O–H groups in total. The van der Waals surface area contributed by atoms with Crippen LogP contribution in [0.5, 0.6) is 0 Å². The molecule has 0 aliphatic heterocycles. The third kappa shape index (κ3) is 3.07. The molecular formula is C18H19F2NO. The molecule has 4 heteroatoms. The standard InChI is InChI=1S/C18H19F2NO/c1-10-5-11(2)17(12(3)6-10)13-7-14(16(22)9-21-4)18(20)15(19)8-13/h5-8,21H,9H2,1-4H3. The smallest absolute Gasteiger partial charge is 0.179 e. The van der Waals surface area contributed by atoms with Gasteiger partial charge in [0.1, 0.15) is 0 Å². The SMILES string of the molecule is CNCC(=O)c1cc(-c2c(C)cc(C)cc2C)cc(F)c1F. The third-order valence-electron chi connectivity index (χ3n) is 3.63. The van der Waals surface area contributed by atoms with Gasteiger partial charge in [-0.1, -0.05) is 17.7 Å². The molecule has 0 heterocycles. The zero-order valence-corrected chi connectivity index (χ0v) is 13.2. The molecule has 22 heavy (non-hydrogen) atoms. The number of hydrogen-bond donors (Lipinski definition) is 1. The lowest BCUT2D eigenvalue weighted by molar-refractivity contribution is 0.0989. The maximum atomic E-state index is 13.9. The van der Waals surface area contributed by atoms with Gasteiger partial charge in [-0.3, -0.25) is 4.79 Å². The van der Waals surface area contributed by atoms with E-state index in [9.17, 15) is 13.6 Å². The van der Waals surface area contributed by atoms with Gasteiger partial charge in [0.2, 0.25) is 0 Å². The van der Waals surface area contributed by atoms with Gasteiger partial charge < -0.3 is 5.32 Å². The van der Waals surface area contributed by atoms with E-state index in [4.69, 9.17) is 0 Å². The summed E-state index contributed by atoms with van der Waals surface area (Å²) in [5.41, 5.74) is 4.18. The summed E-state index contributed by atoms with van der Waals surface area (Å²) in [6, 6.07) is 6.55. The van der Waals surface area contributed by atoms with Gasteiger partial charge in [0, 0.05) is 0 Å². The maximum Gasteiger partial charge on any atom is 0.179 e. The predicted octanol–water partition coefficient (Wildman–Crippen LogP) is 3.96. The second-order valence-corrected chi connectivity index (χ2v) is 5.55. The van der Waals surface area contributed by atoms with E-state index in [0.29, 0.717) is 5.56 Å². The molecule has 0 radical (unpaired) electrons. The van der Waals surface area contributed by atoms with Crippen molar-refractivity contribution < 1.29 is 13.6 Å². The fourth-order valence-electron chi connectivity index (χ4n) is 2.83. The number of halogens is 2. The van der Waals surface area contributed by atoms with Gasteiger partial charge in [0.05, 0.1) is 12.1 Å². The minimum absolute atomic E-state index is 0.0360. The summed E-state index contributed by atoms with van der Waals surface area (Å²) < 4.78 is 27.8. The first-order valence-electron chi connectivity index (χ1n) is 7.10. The van der Waals surface area contributed by atoms with Crippen molar-refractivity contribution in [3.05, 3.63) is 58.2 Å². The lowest BCUT2D eigenvalue weighted by Gasteiger charge is -2.14. The maximum absolute atomic E-state index is 13.9. The van der Waals surface area contributed by atoms with E-state index in [0.717, 1.165) is 28.3 Å². The van der Waals surface area contributed by atoms with Crippen molar-refractivity contribution in [2.24, 2.45) is 0 Å². The van der Waals surface area contributed by atoms with Gasteiger partial charge in [0.15, 0.2) is 17.4 Å². The molecule has 0 fully saturated rings. The van der Waals surface area contributed by atoms with Crippen molar-refractivity contribution in [2.75, 3.05) is 13.6 Å². The predicted molar refractivity (Wildman–Crippen MR) is 84.3 cm³/mol. The number of likely N-dealkylation sites (N-methyl/N-ethyl adjacent to an activating group) is 1. The number of carbonyl (C=O) groups is 1. The zero-order valence-electron chi connectivity index (χ0n) is 13.2. The highest BCUT2D eigenvalue weighted by Crippen LogP contribution is 2.31. The molecule has 116 valence electrons. The lowest BCUT2D eigenvalue weighted by atomic mass is 9.92. The van der Waals surface area contributed by atoms with Crippen molar-refractivity contribution in [3.8, 4) is 11.1 Å². The van der Waals surface area contributed by atoms with Crippen LogP contribution in [-0.2, 0) is 0 Å². The van der Waals surface area contributed by atoms with E-state index >= 15 is 0 Å². The summed E-state index contributed by atoms with van der Waals surface area (Å²) in [4.78, 5) is 12.0. The number of rotatable bonds is 4. The Bertz CT molecular complexity index is 715. The number of hydrogen-bond acceptors (Lipinski definition) is 2. The summed E-state index contributed by atoms with van der Waals surface area (Å²) in [6.07, 6.45) is 0. The molecule has 0 atom stereocenters. The molecule has 2 aromatic carbocycles. The molecule has 0 spiro atoms. The Morgan fingerprint density at radius 2 is 1.64 bits per heavy atom.